The zero-order chi connectivity index (χ0) is 24.7. The molecule has 0 radical (unpaired) electrons. The Kier molecular flexibility index (Phi) is 8.38. The Balaban J connectivity index is 1.66. The van der Waals surface area contributed by atoms with Gasteiger partial charge in [-0.25, -0.2) is 0 Å². The van der Waals surface area contributed by atoms with Gasteiger partial charge in [-0.3, -0.25) is 14.4 Å². The minimum absolute atomic E-state index is 0.0678. The topological polar surface area (TPSA) is 137 Å². The summed E-state index contributed by atoms with van der Waals surface area (Å²) in [6.07, 6.45) is 0.320. The Morgan fingerprint density at radius 1 is 1.00 bits per heavy atom. The molecule has 1 saturated heterocycles. The van der Waals surface area contributed by atoms with Crippen LogP contribution in [-0.4, -0.2) is 65.3 Å². The predicted octanol–water partition coefficient (Wildman–Crippen LogP) is 1.43. The Morgan fingerprint density at radius 2 is 1.68 bits per heavy atom. The summed E-state index contributed by atoms with van der Waals surface area (Å²) in [5.41, 5.74) is -1.05. The number of Topliss-reactive ketones (excluding diaryl/α,β-unsaturated/α-hetero) is 1. The van der Waals surface area contributed by atoms with Crippen molar-refractivity contribution in [2.45, 2.75) is 38.0 Å². The van der Waals surface area contributed by atoms with E-state index in [9.17, 15) is 24.6 Å². The lowest BCUT2D eigenvalue weighted by atomic mass is 9.92. The number of ether oxygens (including phenoxy) is 2. The summed E-state index contributed by atoms with van der Waals surface area (Å²) in [5.74, 6) is -0.611. The summed E-state index contributed by atoms with van der Waals surface area (Å²) in [5, 5.41) is 24.3. The Labute approximate surface area is 198 Å². The van der Waals surface area contributed by atoms with Crippen LogP contribution in [0.5, 0.6) is 11.5 Å². The number of benzene rings is 2. The molecule has 1 aliphatic heterocycles. The fourth-order valence-corrected chi connectivity index (χ4v) is 3.45. The van der Waals surface area contributed by atoms with Crippen LogP contribution in [0.25, 0.3) is 0 Å². The van der Waals surface area contributed by atoms with E-state index >= 15 is 0 Å². The molecule has 182 valence electrons. The minimum atomic E-state index is -1.29. The van der Waals surface area contributed by atoms with Crippen LogP contribution < -0.4 is 15.4 Å². The van der Waals surface area contributed by atoms with Crippen LogP contribution in [0.2, 0.25) is 0 Å². The van der Waals surface area contributed by atoms with Crippen molar-refractivity contribution < 1.29 is 34.1 Å². The first-order valence-electron chi connectivity index (χ1n) is 11.1. The first-order chi connectivity index (χ1) is 16.3. The first kappa shape index (κ1) is 25.4. The third-order valence-corrected chi connectivity index (χ3v) is 5.42. The van der Waals surface area contributed by atoms with Crippen molar-refractivity contribution in [3.8, 4) is 11.5 Å². The van der Waals surface area contributed by atoms with Gasteiger partial charge in [0.25, 0.3) is 5.91 Å². The summed E-state index contributed by atoms with van der Waals surface area (Å²) in [4.78, 5) is 38.4. The van der Waals surface area contributed by atoms with Crippen LogP contribution in [0.15, 0.2) is 54.6 Å². The van der Waals surface area contributed by atoms with Crippen molar-refractivity contribution in [3.05, 3.63) is 60.2 Å². The van der Waals surface area contributed by atoms with Crippen LogP contribution in [0.3, 0.4) is 0 Å². The van der Waals surface area contributed by atoms with Gasteiger partial charge < -0.3 is 30.3 Å². The smallest absolute Gasteiger partial charge is 0.252 e. The fraction of sp³-hybridized carbons (Fsp3) is 0.400. The van der Waals surface area contributed by atoms with E-state index in [0.29, 0.717) is 17.9 Å². The zero-order valence-electron chi connectivity index (χ0n) is 19.2. The van der Waals surface area contributed by atoms with Crippen LogP contribution >= 0.6 is 0 Å². The molecule has 0 bridgehead atoms. The standard InChI is InChI=1S/C25H30N2O7/c1-16(2)11-20(22(30)25(14-29)15-33-25)26-24(32)21(13-28)27-23(31)17-7-6-10-19(12-17)34-18-8-4-3-5-9-18/h3-10,12,16,20-21,28-29H,11,13-15H2,1-2H3,(H,26,32)(H,27,31)/t20?,21-,25?/m0/s1. The van der Waals surface area contributed by atoms with Gasteiger partial charge in [0.15, 0.2) is 11.4 Å². The van der Waals surface area contributed by atoms with Crippen LogP contribution in [0.4, 0.5) is 0 Å². The van der Waals surface area contributed by atoms with Gasteiger partial charge in [0.05, 0.1) is 25.9 Å². The van der Waals surface area contributed by atoms with E-state index < -0.39 is 48.5 Å². The van der Waals surface area contributed by atoms with Gasteiger partial charge in [-0.2, -0.15) is 0 Å². The van der Waals surface area contributed by atoms with E-state index in [2.05, 4.69) is 10.6 Å². The number of para-hydroxylation sites is 1. The number of carbonyl (C=O) groups is 3. The lowest BCUT2D eigenvalue weighted by Gasteiger charge is -2.24. The van der Waals surface area contributed by atoms with E-state index in [-0.39, 0.29) is 18.1 Å². The average Bonchev–Trinajstić information content (AvgIpc) is 3.63. The lowest BCUT2D eigenvalue weighted by molar-refractivity contribution is -0.133. The van der Waals surface area contributed by atoms with E-state index in [1.165, 1.54) is 6.07 Å². The molecule has 0 aromatic heterocycles. The number of aliphatic hydroxyl groups is 2. The quantitative estimate of drug-likeness (QED) is 0.344. The molecule has 9 heteroatoms. The maximum absolute atomic E-state index is 12.8. The molecule has 1 aliphatic rings. The normalized spacial score (nSPS) is 18.6. The average molecular weight is 471 g/mol. The molecule has 3 rings (SSSR count). The predicted molar refractivity (Wildman–Crippen MR) is 123 cm³/mol. The number of amides is 2. The highest BCUT2D eigenvalue weighted by atomic mass is 16.6. The second-order valence-corrected chi connectivity index (χ2v) is 8.65. The Morgan fingerprint density at radius 3 is 2.26 bits per heavy atom. The molecule has 0 aliphatic carbocycles. The molecule has 2 amide bonds. The first-order valence-corrected chi connectivity index (χ1v) is 11.1. The second-order valence-electron chi connectivity index (χ2n) is 8.65. The third-order valence-electron chi connectivity index (χ3n) is 5.42. The highest BCUT2D eigenvalue weighted by molar-refractivity contribution is 6.00. The SMILES string of the molecule is CC(C)CC(NC(=O)[C@H](CO)NC(=O)c1cccc(Oc2ccccc2)c1)C(=O)C1(CO)CO1. The largest absolute Gasteiger partial charge is 0.457 e. The van der Waals surface area contributed by atoms with Gasteiger partial charge >= 0.3 is 0 Å². The molecular formula is C25H30N2O7. The molecule has 9 nitrogen and oxygen atoms in total. The number of hydrogen-bond acceptors (Lipinski definition) is 7. The van der Waals surface area contributed by atoms with Crippen molar-refractivity contribution in [2.75, 3.05) is 19.8 Å². The number of nitrogens with one attached hydrogen (secondary N) is 2. The van der Waals surface area contributed by atoms with Gasteiger partial charge in [-0.05, 0) is 42.7 Å². The highest BCUT2D eigenvalue weighted by Gasteiger charge is 2.54. The van der Waals surface area contributed by atoms with E-state index in [0.717, 1.165) is 0 Å². The van der Waals surface area contributed by atoms with Crippen molar-refractivity contribution >= 4 is 17.6 Å². The van der Waals surface area contributed by atoms with Crippen molar-refractivity contribution in [3.63, 3.8) is 0 Å². The van der Waals surface area contributed by atoms with E-state index in [1.54, 1.807) is 30.3 Å². The monoisotopic (exact) mass is 470 g/mol. The van der Waals surface area contributed by atoms with Crippen LogP contribution in [-0.2, 0) is 14.3 Å². The van der Waals surface area contributed by atoms with Gasteiger partial charge in [-0.1, -0.05) is 38.1 Å². The maximum Gasteiger partial charge on any atom is 0.252 e. The fourth-order valence-electron chi connectivity index (χ4n) is 3.45. The molecule has 2 aromatic carbocycles. The number of aliphatic hydroxyl groups excluding tert-OH is 2. The molecule has 34 heavy (non-hydrogen) atoms. The second kappa shape index (κ2) is 11.2. The highest BCUT2D eigenvalue weighted by Crippen LogP contribution is 2.30. The molecule has 1 fully saturated rings. The summed E-state index contributed by atoms with van der Waals surface area (Å²) < 4.78 is 10.9. The van der Waals surface area contributed by atoms with E-state index in [4.69, 9.17) is 9.47 Å². The lowest BCUT2D eigenvalue weighted by Crippen LogP contribution is -2.55. The van der Waals surface area contributed by atoms with Gasteiger partial charge in [0.2, 0.25) is 5.91 Å². The number of carbonyl (C=O) groups excluding carboxylic acids is 3. The number of hydrogen-bond donors (Lipinski definition) is 4. The minimum Gasteiger partial charge on any atom is -0.457 e. The molecule has 3 atom stereocenters. The Hall–Kier alpha value is -3.27. The van der Waals surface area contributed by atoms with Crippen molar-refractivity contribution in [2.24, 2.45) is 5.92 Å². The molecule has 4 N–H and O–H groups in total. The molecule has 2 aromatic rings. The Bertz CT molecular complexity index is 1010. The van der Waals surface area contributed by atoms with Gasteiger partial charge in [-0.15, -0.1) is 0 Å². The van der Waals surface area contributed by atoms with Crippen molar-refractivity contribution in [1.29, 1.82) is 0 Å². The zero-order valence-corrected chi connectivity index (χ0v) is 19.2. The van der Waals surface area contributed by atoms with Gasteiger partial charge in [0, 0.05) is 5.56 Å². The molecule has 0 spiro atoms. The molecular weight excluding hydrogens is 440 g/mol. The number of ketones is 1. The molecule has 0 saturated carbocycles. The summed E-state index contributed by atoms with van der Waals surface area (Å²) in [6, 6.07) is 13.3. The molecule has 1 heterocycles. The molecule has 2 unspecified atom stereocenters. The number of epoxide rings is 1. The van der Waals surface area contributed by atoms with E-state index in [1.807, 2.05) is 32.0 Å². The van der Waals surface area contributed by atoms with Crippen molar-refractivity contribution in [1.82, 2.24) is 10.6 Å². The summed E-state index contributed by atoms with van der Waals surface area (Å²) in [6.45, 7) is 2.73. The van der Waals surface area contributed by atoms with Crippen LogP contribution in [0.1, 0.15) is 30.6 Å². The summed E-state index contributed by atoms with van der Waals surface area (Å²) >= 11 is 0. The summed E-state index contributed by atoms with van der Waals surface area (Å²) in [7, 11) is 0. The van der Waals surface area contributed by atoms with Crippen LogP contribution in [0, 0.1) is 5.92 Å². The number of rotatable bonds is 12. The maximum atomic E-state index is 12.8. The third kappa shape index (κ3) is 6.40. The van der Waals surface area contributed by atoms with Gasteiger partial charge in [0.1, 0.15) is 17.5 Å².